The van der Waals surface area contributed by atoms with Crippen LogP contribution in [0.25, 0.3) is 0 Å². The van der Waals surface area contributed by atoms with Crippen LogP contribution in [0, 0.1) is 0 Å². The molecule has 0 spiro atoms. The first-order valence-corrected chi connectivity index (χ1v) is 9.10. The zero-order valence-electron chi connectivity index (χ0n) is 12.0. The van der Waals surface area contributed by atoms with Crippen LogP contribution < -0.4 is 4.74 Å². The Kier molecular flexibility index (Phi) is 5.43. The minimum atomic E-state index is -3.12. The van der Waals surface area contributed by atoms with Crippen LogP contribution in [-0.2, 0) is 9.84 Å². The monoisotopic (exact) mass is 297 g/mol. The summed E-state index contributed by atoms with van der Waals surface area (Å²) in [5.41, 5.74) is 0. The maximum absolute atomic E-state index is 11.3. The van der Waals surface area contributed by atoms with Crippen LogP contribution in [-0.4, -0.2) is 45.8 Å². The molecule has 0 aromatic heterocycles. The average Bonchev–Trinajstić information content (AvgIpc) is 2.44. The maximum Gasteiger partial charge on any atom is 0.175 e. The van der Waals surface area contributed by atoms with Crippen LogP contribution in [0.5, 0.6) is 5.75 Å². The highest BCUT2D eigenvalue weighted by molar-refractivity contribution is 7.90. The number of hydrogen-bond acceptors (Lipinski definition) is 4. The molecule has 0 bridgehead atoms. The van der Waals surface area contributed by atoms with E-state index in [9.17, 15) is 8.42 Å². The van der Waals surface area contributed by atoms with Crippen molar-refractivity contribution < 1.29 is 13.2 Å². The second-order valence-electron chi connectivity index (χ2n) is 5.35. The first kappa shape index (κ1) is 15.3. The van der Waals surface area contributed by atoms with Gasteiger partial charge in [0.2, 0.25) is 0 Å². The Morgan fingerprint density at radius 3 is 2.35 bits per heavy atom. The predicted molar refractivity (Wildman–Crippen MR) is 80.0 cm³/mol. The van der Waals surface area contributed by atoms with E-state index in [-0.39, 0.29) is 0 Å². The molecule has 0 saturated carbocycles. The van der Waals surface area contributed by atoms with Crippen molar-refractivity contribution in [1.29, 1.82) is 0 Å². The Bertz CT molecular complexity index is 504. The summed E-state index contributed by atoms with van der Waals surface area (Å²) in [7, 11) is -3.12. The fourth-order valence-electron chi connectivity index (χ4n) is 2.44. The van der Waals surface area contributed by atoms with Crippen molar-refractivity contribution in [2.75, 3.05) is 32.5 Å². The third-order valence-corrected chi connectivity index (χ3v) is 4.72. The molecule has 5 heteroatoms. The van der Waals surface area contributed by atoms with E-state index < -0.39 is 9.84 Å². The quantitative estimate of drug-likeness (QED) is 0.756. The molecule has 0 aliphatic carbocycles. The molecule has 1 heterocycles. The van der Waals surface area contributed by atoms with Crippen molar-refractivity contribution in [3.63, 3.8) is 0 Å². The lowest BCUT2D eigenvalue weighted by Gasteiger charge is -2.26. The van der Waals surface area contributed by atoms with Gasteiger partial charge in [0.25, 0.3) is 0 Å². The van der Waals surface area contributed by atoms with Crippen molar-refractivity contribution in [2.45, 2.75) is 30.6 Å². The number of likely N-dealkylation sites (tertiary alicyclic amines) is 1. The summed E-state index contributed by atoms with van der Waals surface area (Å²) in [6.45, 7) is 4.18. The third-order valence-electron chi connectivity index (χ3n) is 3.59. The number of benzene rings is 1. The van der Waals surface area contributed by atoms with Crippen molar-refractivity contribution >= 4 is 9.84 Å². The smallest absolute Gasteiger partial charge is 0.175 e. The molecule has 4 nitrogen and oxygen atoms in total. The fraction of sp³-hybridized carbons (Fsp3) is 0.600. The molecule has 0 amide bonds. The van der Waals surface area contributed by atoms with Crippen molar-refractivity contribution in [3.8, 4) is 5.75 Å². The zero-order chi connectivity index (χ0) is 14.4. The molecule has 2 rings (SSSR count). The van der Waals surface area contributed by atoms with Crippen molar-refractivity contribution in [2.24, 2.45) is 0 Å². The molecule has 1 saturated heterocycles. The lowest BCUT2D eigenvalue weighted by Crippen LogP contribution is -2.31. The molecule has 0 N–H and O–H groups in total. The molecule has 1 aromatic rings. The van der Waals surface area contributed by atoms with Crippen LogP contribution in [0.15, 0.2) is 29.2 Å². The first-order chi connectivity index (χ1) is 9.55. The van der Waals surface area contributed by atoms with E-state index in [0.29, 0.717) is 11.5 Å². The first-order valence-electron chi connectivity index (χ1n) is 7.21. The zero-order valence-corrected chi connectivity index (χ0v) is 12.9. The number of rotatable bonds is 6. The van der Waals surface area contributed by atoms with Gasteiger partial charge in [-0.05, 0) is 56.6 Å². The highest BCUT2D eigenvalue weighted by Gasteiger charge is 2.09. The van der Waals surface area contributed by atoms with Gasteiger partial charge in [-0.2, -0.15) is 0 Å². The summed E-state index contributed by atoms with van der Waals surface area (Å²) in [5, 5.41) is 0. The summed E-state index contributed by atoms with van der Waals surface area (Å²) < 4.78 is 28.3. The predicted octanol–water partition coefficient (Wildman–Crippen LogP) is 2.34. The van der Waals surface area contributed by atoms with Crippen LogP contribution in [0.3, 0.4) is 0 Å². The molecule has 0 radical (unpaired) electrons. The van der Waals surface area contributed by atoms with Crippen molar-refractivity contribution in [1.82, 2.24) is 4.90 Å². The second-order valence-corrected chi connectivity index (χ2v) is 7.36. The highest BCUT2D eigenvalue weighted by Crippen LogP contribution is 2.16. The number of ether oxygens (including phenoxy) is 1. The van der Waals surface area contributed by atoms with Gasteiger partial charge in [-0.1, -0.05) is 6.42 Å². The van der Waals surface area contributed by atoms with E-state index in [0.717, 1.165) is 18.7 Å². The van der Waals surface area contributed by atoms with Gasteiger partial charge in [0, 0.05) is 12.8 Å². The van der Waals surface area contributed by atoms with Crippen LogP contribution >= 0.6 is 0 Å². The summed E-state index contributed by atoms with van der Waals surface area (Å²) >= 11 is 0. The van der Waals surface area contributed by atoms with Gasteiger partial charge in [0.1, 0.15) is 5.75 Å². The van der Waals surface area contributed by atoms with Gasteiger partial charge in [-0.15, -0.1) is 0 Å². The van der Waals surface area contributed by atoms with E-state index in [1.807, 2.05) is 0 Å². The molecule has 0 unspecified atom stereocenters. The fourth-order valence-corrected chi connectivity index (χ4v) is 3.07. The highest BCUT2D eigenvalue weighted by atomic mass is 32.2. The summed E-state index contributed by atoms with van der Waals surface area (Å²) in [5.74, 6) is 0.732. The minimum Gasteiger partial charge on any atom is -0.494 e. The van der Waals surface area contributed by atoms with Gasteiger partial charge >= 0.3 is 0 Å². The van der Waals surface area contributed by atoms with E-state index >= 15 is 0 Å². The van der Waals surface area contributed by atoms with E-state index in [2.05, 4.69) is 4.90 Å². The van der Waals surface area contributed by atoms with E-state index in [1.165, 1.54) is 38.6 Å². The Morgan fingerprint density at radius 2 is 1.75 bits per heavy atom. The molecular formula is C15H23NO3S. The molecule has 1 aliphatic heterocycles. The Morgan fingerprint density at radius 1 is 1.10 bits per heavy atom. The van der Waals surface area contributed by atoms with E-state index in [4.69, 9.17) is 4.74 Å². The largest absolute Gasteiger partial charge is 0.494 e. The van der Waals surface area contributed by atoms with Gasteiger partial charge in [0.05, 0.1) is 11.5 Å². The second kappa shape index (κ2) is 7.09. The Balaban J connectivity index is 1.71. The third kappa shape index (κ3) is 4.80. The normalized spacial score (nSPS) is 17.1. The number of nitrogens with zero attached hydrogens (tertiary/aromatic N) is 1. The standard InChI is InChI=1S/C15H23NO3S/c1-20(17,18)15-8-6-14(7-9-15)19-13-5-12-16-10-3-2-4-11-16/h6-9H,2-5,10-13H2,1H3. The Labute approximate surface area is 121 Å². The Hall–Kier alpha value is -1.07. The van der Waals surface area contributed by atoms with E-state index in [1.54, 1.807) is 24.3 Å². The topological polar surface area (TPSA) is 46.6 Å². The van der Waals surface area contributed by atoms with Crippen LogP contribution in [0.2, 0.25) is 0 Å². The number of sulfone groups is 1. The number of piperidine rings is 1. The SMILES string of the molecule is CS(=O)(=O)c1ccc(OCCCN2CCCCC2)cc1. The maximum atomic E-state index is 11.3. The molecule has 20 heavy (non-hydrogen) atoms. The number of hydrogen-bond donors (Lipinski definition) is 0. The van der Waals surface area contributed by atoms with Gasteiger partial charge in [-0.3, -0.25) is 0 Å². The molecule has 1 aliphatic rings. The molecule has 112 valence electrons. The summed E-state index contributed by atoms with van der Waals surface area (Å²) in [6.07, 6.45) is 6.20. The summed E-state index contributed by atoms with van der Waals surface area (Å²) in [6, 6.07) is 6.62. The van der Waals surface area contributed by atoms with Crippen molar-refractivity contribution in [3.05, 3.63) is 24.3 Å². The molecule has 1 fully saturated rings. The average molecular weight is 297 g/mol. The van der Waals surface area contributed by atoms with Gasteiger partial charge < -0.3 is 9.64 Å². The summed E-state index contributed by atoms with van der Waals surface area (Å²) in [4.78, 5) is 2.82. The van der Waals surface area contributed by atoms with Gasteiger partial charge in [0.15, 0.2) is 9.84 Å². The van der Waals surface area contributed by atoms with Gasteiger partial charge in [-0.25, -0.2) is 8.42 Å². The molecule has 0 atom stereocenters. The van der Waals surface area contributed by atoms with Crippen LogP contribution in [0.1, 0.15) is 25.7 Å². The lowest BCUT2D eigenvalue weighted by molar-refractivity contribution is 0.205. The minimum absolute atomic E-state index is 0.332. The lowest BCUT2D eigenvalue weighted by atomic mass is 10.1. The molecule has 1 aromatic carbocycles. The molecular weight excluding hydrogens is 274 g/mol. The van der Waals surface area contributed by atoms with Crippen LogP contribution in [0.4, 0.5) is 0 Å².